The minimum Gasteiger partial charge on any atom is -0.481 e. The molecule has 0 fully saturated rings. The molecular formula is C12H24N2O3. The van der Waals surface area contributed by atoms with Crippen molar-refractivity contribution in [2.45, 2.75) is 40.0 Å². The van der Waals surface area contributed by atoms with Gasteiger partial charge in [-0.15, -0.1) is 0 Å². The van der Waals surface area contributed by atoms with Crippen molar-refractivity contribution in [3.63, 3.8) is 0 Å². The van der Waals surface area contributed by atoms with Crippen LogP contribution in [0.2, 0.25) is 0 Å². The maximum atomic E-state index is 11.8. The Morgan fingerprint density at radius 1 is 1.35 bits per heavy atom. The number of amides is 1. The minimum absolute atomic E-state index is 0.0580. The Bertz CT molecular complexity index is 259. The standard InChI is InChI=1S/C12H24N2O3/c1-12(2,3)7-9(8-13)11(17)14-6-4-5-10(15)16/h9H,4-8,13H2,1-3H3,(H,14,17)(H,15,16). The van der Waals surface area contributed by atoms with Gasteiger partial charge in [0.15, 0.2) is 0 Å². The molecule has 17 heavy (non-hydrogen) atoms. The first-order valence-electron chi connectivity index (χ1n) is 5.96. The van der Waals surface area contributed by atoms with E-state index in [4.69, 9.17) is 10.8 Å². The van der Waals surface area contributed by atoms with Crippen molar-refractivity contribution in [1.82, 2.24) is 5.32 Å². The maximum Gasteiger partial charge on any atom is 0.303 e. The molecule has 0 spiro atoms. The van der Waals surface area contributed by atoms with Gasteiger partial charge in [-0.05, 0) is 18.3 Å². The first kappa shape index (κ1) is 15.9. The second kappa shape index (κ2) is 7.27. The highest BCUT2D eigenvalue weighted by Crippen LogP contribution is 2.23. The zero-order chi connectivity index (χ0) is 13.5. The van der Waals surface area contributed by atoms with Crippen LogP contribution in [0.1, 0.15) is 40.0 Å². The Morgan fingerprint density at radius 3 is 2.35 bits per heavy atom. The lowest BCUT2D eigenvalue weighted by Crippen LogP contribution is -2.37. The van der Waals surface area contributed by atoms with E-state index in [1.54, 1.807) is 0 Å². The van der Waals surface area contributed by atoms with Gasteiger partial charge in [0.2, 0.25) is 5.91 Å². The van der Waals surface area contributed by atoms with E-state index in [0.717, 1.165) is 6.42 Å². The van der Waals surface area contributed by atoms with Gasteiger partial charge < -0.3 is 16.2 Å². The lowest BCUT2D eigenvalue weighted by atomic mass is 9.84. The topological polar surface area (TPSA) is 92.4 Å². The van der Waals surface area contributed by atoms with Gasteiger partial charge in [-0.3, -0.25) is 9.59 Å². The average Bonchev–Trinajstić information content (AvgIpc) is 2.19. The third kappa shape index (κ3) is 8.68. The van der Waals surface area contributed by atoms with E-state index < -0.39 is 5.97 Å². The molecule has 5 heteroatoms. The molecule has 1 unspecified atom stereocenters. The van der Waals surface area contributed by atoms with Gasteiger partial charge in [-0.2, -0.15) is 0 Å². The lowest BCUT2D eigenvalue weighted by molar-refractivity contribution is -0.137. The fraction of sp³-hybridized carbons (Fsp3) is 0.833. The molecule has 0 rings (SSSR count). The van der Waals surface area contributed by atoms with E-state index in [2.05, 4.69) is 26.1 Å². The van der Waals surface area contributed by atoms with E-state index in [1.807, 2.05) is 0 Å². The highest BCUT2D eigenvalue weighted by atomic mass is 16.4. The van der Waals surface area contributed by atoms with Gasteiger partial charge in [0.25, 0.3) is 0 Å². The first-order valence-corrected chi connectivity index (χ1v) is 5.96. The summed E-state index contributed by atoms with van der Waals surface area (Å²) < 4.78 is 0. The molecule has 100 valence electrons. The van der Waals surface area contributed by atoms with Crippen LogP contribution in [0, 0.1) is 11.3 Å². The van der Waals surface area contributed by atoms with Crippen molar-refractivity contribution in [3.05, 3.63) is 0 Å². The Hall–Kier alpha value is -1.10. The molecule has 1 amide bonds. The van der Waals surface area contributed by atoms with E-state index in [-0.39, 0.29) is 23.7 Å². The summed E-state index contributed by atoms with van der Waals surface area (Å²) in [6.07, 6.45) is 1.26. The monoisotopic (exact) mass is 244 g/mol. The summed E-state index contributed by atoms with van der Waals surface area (Å²) >= 11 is 0. The van der Waals surface area contributed by atoms with Crippen LogP contribution in [0.5, 0.6) is 0 Å². The molecule has 0 bridgehead atoms. The van der Waals surface area contributed by atoms with Gasteiger partial charge in [-0.1, -0.05) is 20.8 Å². The van der Waals surface area contributed by atoms with Crippen molar-refractivity contribution in [2.24, 2.45) is 17.1 Å². The Labute approximate surface area is 103 Å². The molecule has 4 N–H and O–H groups in total. The van der Waals surface area contributed by atoms with Crippen molar-refractivity contribution < 1.29 is 14.7 Å². The summed E-state index contributed by atoms with van der Waals surface area (Å²) in [6.45, 7) is 6.90. The quantitative estimate of drug-likeness (QED) is 0.582. The molecule has 0 aromatic rings. The number of carboxylic acid groups (broad SMARTS) is 1. The summed E-state index contributed by atoms with van der Waals surface area (Å²) in [5, 5.41) is 11.2. The number of rotatable bonds is 7. The molecule has 1 atom stereocenters. The van der Waals surface area contributed by atoms with Crippen LogP contribution in [0.25, 0.3) is 0 Å². The number of carbonyl (C=O) groups excluding carboxylic acids is 1. The summed E-state index contributed by atoms with van der Waals surface area (Å²) in [6, 6.07) is 0. The molecule has 0 saturated heterocycles. The number of carboxylic acids is 1. The van der Waals surface area contributed by atoms with Crippen LogP contribution in [-0.4, -0.2) is 30.1 Å². The van der Waals surface area contributed by atoms with Crippen molar-refractivity contribution in [1.29, 1.82) is 0 Å². The van der Waals surface area contributed by atoms with Gasteiger partial charge >= 0.3 is 5.97 Å². The van der Waals surface area contributed by atoms with Crippen LogP contribution < -0.4 is 11.1 Å². The molecule has 0 heterocycles. The summed E-state index contributed by atoms with van der Waals surface area (Å²) in [5.41, 5.74) is 5.64. The van der Waals surface area contributed by atoms with Gasteiger partial charge in [0.05, 0.1) is 5.92 Å². The number of hydrogen-bond acceptors (Lipinski definition) is 3. The molecule has 5 nitrogen and oxygen atoms in total. The summed E-state index contributed by atoms with van der Waals surface area (Å²) in [5.74, 6) is -1.11. The number of nitrogens with two attached hydrogens (primary N) is 1. The van der Waals surface area contributed by atoms with Crippen molar-refractivity contribution in [2.75, 3.05) is 13.1 Å². The van der Waals surface area contributed by atoms with E-state index in [9.17, 15) is 9.59 Å². The van der Waals surface area contributed by atoms with E-state index in [0.29, 0.717) is 19.5 Å². The highest BCUT2D eigenvalue weighted by Gasteiger charge is 2.23. The predicted molar refractivity (Wildman–Crippen MR) is 66.5 cm³/mol. The fourth-order valence-corrected chi connectivity index (χ4v) is 1.62. The normalized spacial score (nSPS) is 13.2. The van der Waals surface area contributed by atoms with E-state index >= 15 is 0 Å². The minimum atomic E-state index is -0.843. The largest absolute Gasteiger partial charge is 0.481 e. The molecule has 0 radical (unpaired) electrons. The molecule has 0 aliphatic rings. The third-order valence-corrected chi connectivity index (χ3v) is 2.38. The Balaban J connectivity index is 3.97. The van der Waals surface area contributed by atoms with Crippen LogP contribution in [0.3, 0.4) is 0 Å². The molecule has 0 aromatic heterocycles. The summed E-state index contributed by atoms with van der Waals surface area (Å²) in [7, 11) is 0. The Morgan fingerprint density at radius 2 is 1.94 bits per heavy atom. The maximum absolute atomic E-state index is 11.8. The number of carbonyl (C=O) groups is 2. The van der Waals surface area contributed by atoms with Crippen molar-refractivity contribution >= 4 is 11.9 Å². The third-order valence-electron chi connectivity index (χ3n) is 2.38. The molecule has 0 saturated carbocycles. The SMILES string of the molecule is CC(C)(C)CC(CN)C(=O)NCCCC(=O)O. The highest BCUT2D eigenvalue weighted by molar-refractivity contribution is 5.78. The zero-order valence-electron chi connectivity index (χ0n) is 11.0. The fourth-order valence-electron chi connectivity index (χ4n) is 1.62. The number of aliphatic carboxylic acids is 1. The van der Waals surface area contributed by atoms with Crippen LogP contribution in [-0.2, 0) is 9.59 Å². The first-order chi connectivity index (χ1) is 7.76. The van der Waals surface area contributed by atoms with Crippen LogP contribution in [0.15, 0.2) is 0 Å². The van der Waals surface area contributed by atoms with Crippen LogP contribution in [0.4, 0.5) is 0 Å². The lowest BCUT2D eigenvalue weighted by Gasteiger charge is -2.24. The van der Waals surface area contributed by atoms with Gasteiger partial charge in [-0.25, -0.2) is 0 Å². The molecular weight excluding hydrogens is 220 g/mol. The number of hydrogen-bond donors (Lipinski definition) is 3. The molecule has 0 aliphatic carbocycles. The Kier molecular flexibility index (Phi) is 6.80. The van der Waals surface area contributed by atoms with Gasteiger partial charge in [0, 0.05) is 19.5 Å². The average molecular weight is 244 g/mol. The molecule has 0 aliphatic heterocycles. The smallest absolute Gasteiger partial charge is 0.303 e. The van der Waals surface area contributed by atoms with Crippen LogP contribution >= 0.6 is 0 Å². The number of nitrogens with one attached hydrogen (secondary N) is 1. The predicted octanol–water partition coefficient (Wildman–Crippen LogP) is 0.979. The summed E-state index contributed by atoms with van der Waals surface area (Å²) in [4.78, 5) is 22.0. The second-order valence-corrected chi connectivity index (χ2v) is 5.49. The van der Waals surface area contributed by atoms with Crippen molar-refractivity contribution in [3.8, 4) is 0 Å². The zero-order valence-corrected chi connectivity index (χ0v) is 11.0. The van der Waals surface area contributed by atoms with E-state index in [1.165, 1.54) is 0 Å². The second-order valence-electron chi connectivity index (χ2n) is 5.49. The van der Waals surface area contributed by atoms with Gasteiger partial charge in [0.1, 0.15) is 0 Å². The molecule has 0 aromatic carbocycles.